The van der Waals surface area contributed by atoms with Crippen molar-refractivity contribution in [2.24, 2.45) is 5.92 Å². The van der Waals surface area contributed by atoms with Gasteiger partial charge >= 0.3 is 0 Å². The van der Waals surface area contributed by atoms with Crippen molar-refractivity contribution in [3.8, 4) is 0 Å². The normalized spacial score (nSPS) is 11.4. The monoisotopic (exact) mass is 407 g/mol. The second kappa shape index (κ2) is 7.72. The number of fused-ring (bicyclic) bond motifs is 2. The summed E-state index contributed by atoms with van der Waals surface area (Å²) in [5.41, 5.74) is 10.4. The number of aromatic nitrogens is 3. The second-order valence-electron chi connectivity index (χ2n) is 7.46. The largest absolute Gasteiger partial charge is 0.384 e. The van der Waals surface area contributed by atoms with E-state index >= 15 is 0 Å². The molecule has 2 aromatic heterocycles. The molecule has 3 N–H and O–H groups in total. The van der Waals surface area contributed by atoms with Crippen molar-refractivity contribution in [2.45, 2.75) is 26.9 Å². The third-order valence-corrected chi connectivity index (χ3v) is 4.98. The summed E-state index contributed by atoms with van der Waals surface area (Å²) in [7, 11) is 0. The van der Waals surface area contributed by atoms with Crippen LogP contribution in [0.2, 0.25) is 5.02 Å². The molecule has 4 aromatic rings. The molecule has 2 aromatic carbocycles. The van der Waals surface area contributed by atoms with Gasteiger partial charge in [-0.25, -0.2) is 9.97 Å². The molecule has 0 aliphatic heterocycles. The van der Waals surface area contributed by atoms with Crippen LogP contribution in [-0.4, -0.2) is 20.4 Å². The van der Waals surface area contributed by atoms with Crippen LogP contribution >= 0.6 is 11.6 Å². The minimum Gasteiger partial charge on any atom is -0.384 e. The van der Waals surface area contributed by atoms with Gasteiger partial charge in [0.05, 0.1) is 11.0 Å². The fourth-order valence-electron chi connectivity index (χ4n) is 3.36. The molecular weight excluding hydrogens is 386 g/mol. The highest BCUT2D eigenvalue weighted by molar-refractivity contribution is 6.30. The van der Waals surface area contributed by atoms with E-state index in [0.29, 0.717) is 46.6 Å². The quantitative estimate of drug-likeness (QED) is 0.513. The molecule has 0 aliphatic rings. The summed E-state index contributed by atoms with van der Waals surface area (Å²) < 4.78 is 1.89. The van der Waals surface area contributed by atoms with Gasteiger partial charge < -0.3 is 15.6 Å². The standard InChI is InChI=1S/C22H22ClN5O/c1-13(2)12-28-20(24)18(22(29)25-11-14-7-9-15(23)10-8-14)19-21(28)27-17-6-4-3-5-16(17)26-19/h3-10,13H,11-12,24H2,1-2H3,(H,25,29). The van der Waals surface area contributed by atoms with E-state index in [1.807, 2.05) is 41.0 Å². The summed E-state index contributed by atoms with van der Waals surface area (Å²) in [5.74, 6) is 0.457. The molecule has 0 saturated heterocycles. The van der Waals surface area contributed by atoms with E-state index in [-0.39, 0.29) is 5.91 Å². The molecular formula is C22H22ClN5O. The van der Waals surface area contributed by atoms with Gasteiger partial charge in [-0.1, -0.05) is 49.7 Å². The number of hydrogen-bond acceptors (Lipinski definition) is 4. The fraction of sp³-hybridized carbons (Fsp3) is 0.227. The lowest BCUT2D eigenvalue weighted by molar-refractivity contribution is 0.0953. The Morgan fingerprint density at radius 1 is 1.10 bits per heavy atom. The first kappa shape index (κ1) is 19.2. The molecule has 0 aliphatic carbocycles. The van der Waals surface area contributed by atoms with Crippen LogP contribution in [-0.2, 0) is 13.1 Å². The summed E-state index contributed by atoms with van der Waals surface area (Å²) in [4.78, 5) is 22.5. The Labute approximate surface area is 173 Å². The highest BCUT2D eigenvalue weighted by Gasteiger charge is 2.24. The fourth-order valence-corrected chi connectivity index (χ4v) is 3.49. The van der Waals surface area contributed by atoms with Crippen molar-refractivity contribution in [2.75, 3.05) is 5.73 Å². The van der Waals surface area contributed by atoms with Crippen molar-refractivity contribution in [3.05, 3.63) is 64.7 Å². The zero-order valence-electron chi connectivity index (χ0n) is 16.3. The van der Waals surface area contributed by atoms with Crippen LogP contribution < -0.4 is 11.1 Å². The molecule has 0 unspecified atom stereocenters. The molecule has 6 nitrogen and oxygen atoms in total. The lowest BCUT2D eigenvalue weighted by Crippen LogP contribution is -2.24. The third kappa shape index (κ3) is 3.76. The molecule has 0 bridgehead atoms. The molecule has 0 spiro atoms. The number of nitrogens with one attached hydrogen (secondary N) is 1. The van der Waals surface area contributed by atoms with Crippen LogP contribution in [0.15, 0.2) is 48.5 Å². The summed E-state index contributed by atoms with van der Waals surface area (Å²) >= 11 is 5.93. The number of anilines is 1. The molecule has 0 fully saturated rings. The van der Waals surface area contributed by atoms with E-state index in [1.165, 1.54) is 0 Å². The maximum atomic E-state index is 13.1. The van der Waals surface area contributed by atoms with Gasteiger partial charge in [0.25, 0.3) is 5.91 Å². The van der Waals surface area contributed by atoms with Gasteiger partial charge in [-0.3, -0.25) is 4.79 Å². The Morgan fingerprint density at radius 3 is 2.41 bits per heavy atom. The Morgan fingerprint density at radius 2 is 1.76 bits per heavy atom. The smallest absolute Gasteiger partial charge is 0.257 e. The van der Waals surface area contributed by atoms with Crippen LogP contribution in [0.1, 0.15) is 29.8 Å². The lowest BCUT2D eigenvalue weighted by atomic mass is 10.2. The maximum Gasteiger partial charge on any atom is 0.257 e. The van der Waals surface area contributed by atoms with Gasteiger partial charge in [0.1, 0.15) is 16.9 Å². The average Bonchev–Trinajstić information content (AvgIpc) is 2.96. The molecule has 29 heavy (non-hydrogen) atoms. The number of halogens is 1. The van der Waals surface area contributed by atoms with Crippen LogP contribution in [0, 0.1) is 5.92 Å². The topological polar surface area (TPSA) is 85.8 Å². The van der Waals surface area contributed by atoms with E-state index in [0.717, 1.165) is 16.6 Å². The van der Waals surface area contributed by atoms with Crippen LogP contribution in [0.4, 0.5) is 5.82 Å². The number of nitrogen functional groups attached to an aromatic ring is 1. The van der Waals surface area contributed by atoms with Gasteiger partial charge in [0, 0.05) is 18.1 Å². The van der Waals surface area contributed by atoms with Crippen molar-refractivity contribution in [3.63, 3.8) is 0 Å². The highest BCUT2D eigenvalue weighted by Crippen LogP contribution is 2.28. The highest BCUT2D eigenvalue weighted by atomic mass is 35.5. The van der Waals surface area contributed by atoms with Crippen molar-refractivity contribution >= 4 is 45.5 Å². The minimum absolute atomic E-state index is 0.269. The predicted octanol–water partition coefficient (Wildman–Crippen LogP) is 4.41. The molecule has 2 heterocycles. The van der Waals surface area contributed by atoms with Crippen molar-refractivity contribution in [1.82, 2.24) is 19.9 Å². The van der Waals surface area contributed by atoms with Gasteiger partial charge in [0.15, 0.2) is 5.65 Å². The number of nitrogens with two attached hydrogens (primary N) is 1. The Bertz CT molecular complexity index is 1200. The van der Waals surface area contributed by atoms with Crippen molar-refractivity contribution < 1.29 is 4.79 Å². The van der Waals surface area contributed by atoms with E-state index in [9.17, 15) is 4.79 Å². The number of carbonyl (C=O) groups excluding carboxylic acids is 1. The summed E-state index contributed by atoms with van der Waals surface area (Å²) in [6.45, 7) is 5.22. The van der Waals surface area contributed by atoms with E-state index in [4.69, 9.17) is 27.3 Å². The van der Waals surface area contributed by atoms with Crippen LogP contribution in [0.3, 0.4) is 0 Å². The number of hydrogen-bond donors (Lipinski definition) is 2. The molecule has 1 amide bonds. The van der Waals surface area contributed by atoms with Crippen LogP contribution in [0.5, 0.6) is 0 Å². The SMILES string of the molecule is CC(C)Cn1c(N)c(C(=O)NCc2ccc(Cl)cc2)c2nc3ccccc3nc21. The predicted molar refractivity (Wildman–Crippen MR) is 117 cm³/mol. The summed E-state index contributed by atoms with van der Waals surface area (Å²) in [6, 6.07) is 15.0. The minimum atomic E-state index is -0.269. The van der Waals surface area contributed by atoms with Gasteiger partial charge in [-0.15, -0.1) is 0 Å². The molecule has 0 radical (unpaired) electrons. The first-order valence-electron chi connectivity index (χ1n) is 9.51. The zero-order valence-corrected chi connectivity index (χ0v) is 17.1. The average molecular weight is 408 g/mol. The number of para-hydroxylation sites is 2. The summed E-state index contributed by atoms with van der Waals surface area (Å²) in [5, 5.41) is 3.60. The number of carbonyl (C=O) groups is 1. The number of amides is 1. The van der Waals surface area contributed by atoms with Gasteiger partial charge in [-0.2, -0.15) is 0 Å². The third-order valence-electron chi connectivity index (χ3n) is 4.73. The van der Waals surface area contributed by atoms with E-state index in [1.54, 1.807) is 12.1 Å². The molecule has 148 valence electrons. The molecule has 0 atom stereocenters. The van der Waals surface area contributed by atoms with Crippen molar-refractivity contribution in [1.29, 1.82) is 0 Å². The Hall–Kier alpha value is -3.12. The first-order valence-corrected chi connectivity index (χ1v) is 9.89. The number of benzene rings is 2. The Kier molecular flexibility index (Phi) is 5.11. The van der Waals surface area contributed by atoms with Gasteiger partial charge in [-0.05, 0) is 35.7 Å². The summed E-state index contributed by atoms with van der Waals surface area (Å²) in [6.07, 6.45) is 0. The van der Waals surface area contributed by atoms with E-state index in [2.05, 4.69) is 19.2 Å². The second-order valence-corrected chi connectivity index (χ2v) is 7.89. The van der Waals surface area contributed by atoms with E-state index < -0.39 is 0 Å². The lowest BCUT2D eigenvalue weighted by Gasteiger charge is -2.10. The maximum absolute atomic E-state index is 13.1. The number of nitrogens with zero attached hydrogens (tertiary/aromatic N) is 3. The first-order chi connectivity index (χ1) is 13.9. The molecule has 0 saturated carbocycles. The Balaban J connectivity index is 1.77. The molecule has 4 rings (SSSR count). The zero-order chi connectivity index (χ0) is 20.5. The van der Waals surface area contributed by atoms with Crippen LogP contribution in [0.25, 0.3) is 22.2 Å². The van der Waals surface area contributed by atoms with Gasteiger partial charge in [0.2, 0.25) is 0 Å². The molecule has 7 heteroatoms. The number of rotatable bonds is 5.